The van der Waals surface area contributed by atoms with E-state index in [1.807, 2.05) is 42.5 Å². The van der Waals surface area contributed by atoms with Gasteiger partial charge in [0.25, 0.3) is 0 Å². The van der Waals surface area contributed by atoms with Gasteiger partial charge < -0.3 is 20.9 Å². The summed E-state index contributed by atoms with van der Waals surface area (Å²) in [5, 5.41) is 14.4. The van der Waals surface area contributed by atoms with Crippen LogP contribution in [0.25, 0.3) is 10.8 Å². The molecule has 0 aliphatic carbocycles. The number of carboxylic acid groups (broad SMARTS) is 1. The number of carbonyl (C=O) groups excluding carboxylic acids is 2. The molecule has 0 aliphatic rings. The van der Waals surface area contributed by atoms with Gasteiger partial charge in [0.1, 0.15) is 6.04 Å². The van der Waals surface area contributed by atoms with Crippen LogP contribution in [-0.4, -0.2) is 41.6 Å². The molecule has 0 saturated carbocycles. The molecule has 0 bridgehead atoms. The highest BCUT2D eigenvalue weighted by atomic mass is 16.5. The molecule has 4 N–H and O–H groups in total. The average Bonchev–Trinajstić information content (AvgIpc) is 2.69. The maximum absolute atomic E-state index is 13.2. The Balaban J connectivity index is 2.40. The van der Waals surface area contributed by atoms with E-state index in [1.54, 1.807) is 20.8 Å². The maximum atomic E-state index is 13.2. The third kappa shape index (κ3) is 6.39. The smallest absolute Gasteiger partial charge is 0.333 e. The minimum atomic E-state index is -1.42. The molecule has 2 aromatic carbocycles. The molecule has 0 saturated heterocycles. The molecule has 2 aromatic rings. The van der Waals surface area contributed by atoms with Crippen LogP contribution in [0.5, 0.6) is 0 Å². The van der Waals surface area contributed by atoms with Gasteiger partial charge in [-0.3, -0.25) is 9.59 Å². The molecule has 2 rings (SSSR count). The van der Waals surface area contributed by atoms with Crippen molar-refractivity contribution < 1.29 is 24.2 Å². The van der Waals surface area contributed by atoms with Gasteiger partial charge in [-0.15, -0.1) is 6.58 Å². The predicted molar refractivity (Wildman–Crippen MR) is 119 cm³/mol. The number of primary amides is 1. The molecule has 0 heterocycles. The molecular formula is C24H30N2O5. The van der Waals surface area contributed by atoms with Crippen molar-refractivity contribution in [3.05, 3.63) is 60.7 Å². The third-order valence-electron chi connectivity index (χ3n) is 5.05. The van der Waals surface area contributed by atoms with Gasteiger partial charge in [-0.25, -0.2) is 4.79 Å². The summed E-state index contributed by atoms with van der Waals surface area (Å²) in [6, 6.07) is 12.5. The lowest BCUT2D eigenvalue weighted by atomic mass is 9.85. The third-order valence-corrected chi connectivity index (χ3v) is 5.05. The van der Waals surface area contributed by atoms with Gasteiger partial charge >= 0.3 is 5.97 Å². The normalized spacial score (nSPS) is 14.4. The lowest BCUT2D eigenvalue weighted by molar-refractivity contribution is -0.157. The van der Waals surface area contributed by atoms with Crippen LogP contribution in [-0.2, 0) is 25.5 Å². The Bertz CT molecular complexity index is 964. The Morgan fingerprint density at radius 3 is 2.35 bits per heavy atom. The second-order valence-corrected chi connectivity index (χ2v) is 8.58. The van der Waals surface area contributed by atoms with Crippen LogP contribution in [0.1, 0.15) is 26.3 Å². The van der Waals surface area contributed by atoms with E-state index in [0.29, 0.717) is 0 Å². The SMILES string of the molecule is C=CCO[C@H](C(=O)O)[C@@H](Cc1ccc2ccccc2c1)C(=O)N[C@H](C(N)=O)C(C)(C)C. The first-order chi connectivity index (χ1) is 14.5. The standard InChI is InChI=1S/C24H30N2O5/c1-5-12-31-19(23(29)30)18(22(28)26-20(21(25)27)24(2,3)4)14-15-10-11-16-8-6-7-9-17(16)13-15/h5-11,13,18-20H,1,12,14H2,2-4H3,(H2,25,27)(H,26,28)(H,29,30)/t18-,19+,20-/m1/s1. The Hall–Kier alpha value is -3.19. The van der Waals surface area contributed by atoms with Gasteiger partial charge in [0.15, 0.2) is 6.10 Å². The van der Waals surface area contributed by atoms with Crippen LogP contribution < -0.4 is 11.1 Å². The first-order valence-electron chi connectivity index (χ1n) is 10.1. The number of ether oxygens (including phenoxy) is 1. The van der Waals surface area contributed by atoms with Crippen molar-refractivity contribution in [1.82, 2.24) is 5.32 Å². The Morgan fingerprint density at radius 1 is 1.16 bits per heavy atom. The number of carbonyl (C=O) groups is 3. The maximum Gasteiger partial charge on any atom is 0.333 e. The fraction of sp³-hybridized carbons (Fsp3) is 0.375. The summed E-state index contributed by atoms with van der Waals surface area (Å²) in [6.45, 7) is 8.81. The van der Waals surface area contributed by atoms with Gasteiger partial charge in [0.2, 0.25) is 11.8 Å². The summed E-state index contributed by atoms with van der Waals surface area (Å²) in [5.74, 6) is -3.65. The molecule has 0 fully saturated rings. The van der Waals surface area contributed by atoms with E-state index in [-0.39, 0.29) is 13.0 Å². The highest BCUT2D eigenvalue weighted by molar-refractivity contribution is 5.91. The molecule has 166 valence electrons. The molecule has 7 heteroatoms. The molecule has 0 aliphatic heterocycles. The number of rotatable bonds is 10. The summed E-state index contributed by atoms with van der Waals surface area (Å²) in [4.78, 5) is 37.1. The van der Waals surface area contributed by atoms with Crippen molar-refractivity contribution in [3.63, 3.8) is 0 Å². The van der Waals surface area contributed by atoms with Crippen molar-refractivity contribution in [1.29, 1.82) is 0 Å². The summed E-state index contributed by atoms with van der Waals surface area (Å²) in [7, 11) is 0. The van der Waals surface area contributed by atoms with Crippen LogP contribution in [0.4, 0.5) is 0 Å². The van der Waals surface area contributed by atoms with Crippen molar-refractivity contribution >= 4 is 28.6 Å². The number of aliphatic carboxylic acids is 1. The van der Waals surface area contributed by atoms with Crippen LogP contribution in [0.2, 0.25) is 0 Å². The average molecular weight is 427 g/mol. The van der Waals surface area contributed by atoms with E-state index in [4.69, 9.17) is 10.5 Å². The van der Waals surface area contributed by atoms with E-state index >= 15 is 0 Å². The number of carboxylic acids is 1. The summed E-state index contributed by atoms with van der Waals surface area (Å²) < 4.78 is 5.43. The molecule has 0 aromatic heterocycles. The fourth-order valence-electron chi connectivity index (χ4n) is 3.45. The van der Waals surface area contributed by atoms with Crippen LogP contribution >= 0.6 is 0 Å². The van der Waals surface area contributed by atoms with Gasteiger partial charge in [-0.2, -0.15) is 0 Å². The van der Waals surface area contributed by atoms with E-state index in [9.17, 15) is 19.5 Å². The molecule has 7 nitrogen and oxygen atoms in total. The first-order valence-corrected chi connectivity index (χ1v) is 10.1. The number of benzene rings is 2. The highest BCUT2D eigenvalue weighted by Gasteiger charge is 2.38. The second-order valence-electron chi connectivity index (χ2n) is 8.58. The fourth-order valence-corrected chi connectivity index (χ4v) is 3.45. The van der Waals surface area contributed by atoms with E-state index < -0.39 is 41.3 Å². The van der Waals surface area contributed by atoms with E-state index in [1.165, 1.54) is 6.08 Å². The number of hydrogen-bond donors (Lipinski definition) is 3. The van der Waals surface area contributed by atoms with Crippen molar-refractivity contribution in [2.75, 3.05) is 6.61 Å². The van der Waals surface area contributed by atoms with Crippen LogP contribution in [0.3, 0.4) is 0 Å². The number of nitrogens with two attached hydrogens (primary N) is 1. The number of nitrogens with one attached hydrogen (secondary N) is 1. The minimum Gasteiger partial charge on any atom is -0.479 e. The molecule has 3 atom stereocenters. The molecule has 0 radical (unpaired) electrons. The van der Waals surface area contributed by atoms with Crippen molar-refractivity contribution in [2.24, 2.45) is 17.1 Å². The monoisotopic (exact) mass is 426 g/mol. The van der Waals surface area contributed by atoms with E-state index in [2.05, 4.69) is 11.9 Å². The summed E-state index contributed by atoms with van der Waals surface area (Å²) in [5.41, 5.74) is 5.62. The zero-order valence-electron chi connectivity index (χ0n) is 18.1. The van der Waals surface area contributed by atoms with Gasteiger partial charge in [-0.1, -0.05) is 69.3 Å². The molecule has 0 spiro atoms. The second kappa shape index (κ2) is 10.2. The lowest BCUT2D eigenvalue weighted by Gasteiger charge is -2.31. The van der Waals surface area contributed by atoms with Crippen molar-refractivity contribution in [2.45, 2.75) is 39.3 Å². The molecule has 2 amide bonds. The van der Waals surface area contributed by atoms with Crippen LogP contribution in [0.15, 0.2) is 55.1 Å². The van der Waals surface area contributed by atoms with Crippen LogP contribution in [0, 0.1) is 11.3 Å². The predicted octanol–water partition coefficient (Wildman–Crippen LogP) is 2.67. The topological polar surface area (TPSA) is 119 Å². The Labute approximate surface area is 182 Å². The molecule has 31 heavy (non-hydrogen) atoms. The summed E-state index contributed by atoms with van der Waals surface area (Å²) in [6.07, 6.45) is 0.112. The highest BCUT2D eigenvalue weighted by Crippen LogP contribution is 2.23. The largest absolute Gasteiger partial charge is 0.479 e. The molecular weight excluding hydrogens is 396 g/mol. The Morgan fingerprint density at radius 2 is 1.81 bits per heavy atom. The van der Waals surface area contributed by atoms with Gasteiger partial charge in [0.05, 0.1) is 12.5 Å². The minimum absolute atomic E-state index is 0.0308. The Kier molecular flexibility index (Phi) is 7.94. The number of fused-ring (bicyclic) bond motifs is 1. The zero-order valence-corrected chi connectivity index (χ0v) is 18.1. The van der Waals surface area contributed by atoms with Gasteiger partial charge in [0, 0.05) is 0 Å². The number of amides is 2. The number of hydrogen-bond acceptors (Lipinski definition) is 4. The first kappa shape index (κ1) is 24.1. The van der Waals surface area contributed by atoms with Gasteiger partial charge in [-0.05, 0) is 28.2 Å². The summed E-state index contributed by atoms with van der Waals surface area (Å²) >= 11 is 0. The quantitative estimate of drug-likeness (QED) is 0.505. The zero-order chi connectivity index (χ0) is 23.2. The van der Waals surface area contributed by atoms with Crippen molar-refractivity contribution in [3.8, 4) is 0 Å². The molecule has 0 unspecified atom stereocenters. The van der Waals surface area contributed by atoms with E-state index in [0.717, 1.165) is 16.3 Å². The lowest BCUT2D eigenvalue weighted by Crippen LogP contribution is -2.55.